The van der Waals surface area contributed by atoms with Crippen LogP contribution in [0, 0.1) is 0 Å². The Morgan fingerprint density at radius 2 is 1.62 bits per heavy atom. The molecule has 2 aliphatic rings. The van der Waals surface area contributed by atoms with Crippen LogP contribution in [-0.2, 0) is 23.7 Å². The second kappa shape index (κ2) is 6.86. The lowest BCUT2D eigenvalue weighted by Gasteiger charge is -2.39. The molecule has 2 aliphatic heterocycles. The lowest BCUT2D eigenvalue weighted by Crippen LogP contribution is -2.51. The first-order valence-electron chi connectivity index (χ1n) is 8.59. The van der Waals surface area contributed by atoms with Gasteiger partial charge in [-0.3, -0.25) is 4.79 Å². The molecule has 0 radical (unpaired) electrons. The molecule has 1 fully saturated rings. The van der Waals surface area contributed by atoms with Gasteiger partial charge in [-0.15, -0.1) is 11.8 Å². The van der Waals surface area contributed by atoms with Crippen molar-refractivity contribution in [2.45, 2.75) is 24.9 Å². The van der Waals surface area contributed by atoms with E-state index in [4.69, 9.17) is 0 Å². The standard InChI is InChI=1S/C19H14F6N2OS/c20-18(21,22)12-3-1-2-11(6-12)8-26-15-7-13(19(23,24)25)4-5-14(15)27-10-29-9-16(27)17(26)28/h1-7,16H,8-10H2/t16-/m0/s1. The molecule has 0 bridgehead atoms. The molecule has 4 rings (SSSR count). The van der Waals surface area contributed by atoms with Crippen LogP contribution in [0.25, 0.3) is 0 Å². The minimum absolute atomic E-state index is 0.0565. The highest BCUT2D eigenvalue weighted by molar-refractivity contribution is 7.99. The number of hydrogen-bond acceptors (Lipinski definition) is 3. The molecular formula is C19H14F6N2OS. The highest BCUT2D eigenvalue weighted by Gasteiger charge is 2.43. The van der Waals surface area contributed by atoms with E-state index in [0.29, 0.717) is 17.3 Å². The number of fused-ring (bicyclic) bond motifs is 3. The van der Waals surface area contributed by atoms with Crippen molar-refractivity contribution in [3.63, 3.8) is 0 Å². The molecule has 10 heteroatoms. The predicted molar refractivity (Wildman–Crippen MR) is 97.7 cm³/mol. The van der Waals surface area contributed by atoms with Crippen LogP contribution < -0.4 is 9.80 Å². The number of carbonyl (C=O) groups excluding carboxylic acids is 1. The third-order valence-corrected chi connectivity index (χ3v) is 5.94. The second-order valence-electron chi connectivity index (χ2n) is 6.81. The van der Waals surface area contributed by atoms with Crippen LogP contribution >= 0.6 is 11.8 Å². The van der Waals surface area contributed by atoms with Crippen molar-refractivity contribution in [1.29, 1.82) is 0 Å². The van der Waals surface area contributed by atoms with Crippen LogP contribution in [-0.4, -0.2) is 23.6 Å². The predicted octanol–water partition coefficient (Wildman–Crippen LogP) is 5.15. The summed E-state index contributed by atoms with van der Waals surface area (Å²) in [6.07, 6.45) is -9.15. The fourth-order valence-electron chi connectivity index (χ4n) is 3.53. The number of amides is 1. The maximum absolute atomic E-state index is 13.2. The fraction of sp³-hybridized carbons (Fsp3) is 0.316. The average Bonchev–Trinajstić information content (AvgIpc) is 3.14. The zero-order valence-corrected chi connectivity index (χ0v) is 15.5. The maximum Gasteiger partial charge on any atom is 0.416 e. The Bertz CT molecular complexity index is 958. The molecule has 29 heavy (non-hydrogen) atoms. The van der Waals surface area contributed by atoms with Crippen molar-refractivity contribution in [3.8, 4) is 0 Å². The summed E-state index contributed by atoms with van der Waals surface area (Å²) in [6, 6.07) is 7.08. The van der Waals surface area contributed by atoms with Crippen molar-refractivity contribution in [2.24, 2.45) is 0 Å². The number of anilines is 2. The van der Waals surface area contributed by atoms with Gasteiger partial charge in [0.15, 0.2) is 0 Å². The van der Waals surface area contributed by atoms with Gasteiger partial charge in [-0.05, 0) is 35.9 Å². The van der Waals surface area contributed by atoms with Crippen molar-refractivity contribution >= 4 is 29.0 Å². The number of hydrogen-bond donors (Lipinski definition) is 0. The normalized spacial score (nSPS) is 19.4. The monoisotopic (exact) mass is 432 g/mol. The van der Waals surface area contributed by atoms with E-state index in [0.717, 1.165) is 29.2 Å². The summed E-state index contributed by atoms with van der Waals surface area (Å²) in [7, 11) is 0. The van der Waals surface area contributed by atoms with Crippen LogP contribution in [0.15, 0.2) is 42.5 Å². The minimum Gasteiger partial charge on any atom is -0.348 e. The highest BCUT2D eigenvalue weighted by atomic mass is 32.2. The fourth-order valence-corrected chi connectivity index (χ4v) is 4.70. The van der Waals surface area contributed by atoms with Gasteiger partial charge in [0.05, 0.1) is 34.9 Å². The average molecular weight is 432 g/mol. The van der Waals surface area contributed by atoms with Crippen molar-refractivity contribution in [2.75, 3.05) is 21.4 Å². The maximum atomic E-state index is 13.2. The molecule has 0 spiro atoms. The molecule has 1 saturated heterocycles. The zero-order chi connectivity index (χ0) is 21.0. The van der Waals surface area contributed by atoms with Crippen molar-refractivity contribution in [3.05, 3.63) is 59.2 Å². The summed E-state index contributed by atoms with van der Waals surface area (Å²) in [5, 5.41) is 0. The van der Waals surface area contributed by atoms with Gasteiger partial charge in [0.1, 0.15) is 6.04 Å². The van der Waals surface area contributed by atoms with E-state index in [9.17, 15) is 31.1 Å². The Balaban J connectivity index is 1.77. The van der Waals surface area contributed by atoms with Crippen LogP contribution in [0.3, 0.4) is 0 Å². The Kier molecular flexibility index (Phi) is 4.71. The van der Waals surface area contributed by atoms with Crippen LogP contribution in [0.1, 0.15) is 16.7 Å². The Morgan fingerprint density at radius 1 is 0.931 bits per heavy atom. The van der Waals surface area contributed by atoms with E-state index in [1.165, 1.54) is 30.0 Å². The van der Waals surface area contributed by atoms with Crippen LogP contribution in [0.2, 0.25) is 0 Å². The highest BCUT2D eigenvalue weighted by Crippen LogP contribution is 2.44. The molecule has 0 aromatic heterocycles. The first kappa shape index (κ1) is 19.9. The largest absolute Gasteiger partial charge is 0.416 e. The number of nitrogens with zero attached hydrogens (tertiary/aromatic N) is 2. The van der Waals surface area contributed by atoms with Gasteiger partial charge in [0, 0.05) is 5.75 Å². The van der Waals surface area contributed by atoms with E-state index in [-0.39, 0.29) is 17.8 Å². The topological polar surface area (TPSA) is 23.6 Å². The zero-order valence-electron chi connectivity index (χ0n) is 14.7. The lowest BCUT2D eigenvalue weighted by atomic mass is 10.0. The number of alkyl halides is 6. The summed E-state index contributed by atoms with van der Waals surface area (Å²) >= 11 is 1.48. The molecule has 2 aromatic rings. The van der Waals surface area contributed by atoms with E-state index < -0.39 is 35.4 Å². The molecule has 1 atom stereocenters. The number of rotatable bonds is 2. The molecule has 0 saturated carbocycles. The summed E-state index contributed by atoms with van der Waals surface area (Å²) in [5.74, 6) is 0.518. The summed E-state index contributed by atoms with van der Waals surface area (Å²) in [5.41, 5.74) is -1.07. The second-order valence-corrected chi connectivity index (χ2v) is 7.81. The number of carbonyl (C=O) groups is 1. The van der Waals surface area contributed by atoms with Crippen LogP contribution in [0.5, 0.6) is 0 Å². The summed E-state index contributed by atoms with van der Waals surface area (Å²) in [4.78, 5) is 15.9. The van der Waals surface area contributed by atoms with E-state index >= 15 is 0 Å². The molecular weight excluding hydrogens is 418 g/mol. The number of benzene rings is 2. The lowest BCUT2D eigenvalue weighted by molar-refractivity contribution is -0.138. The summed E-state index contributed by atoms with van der Waals surface area (Å²) < 4.78 is 78.7. The van der Waals surface area contributed by atoms with Gasteiger partial charge in [0.25, 0.3) is 5.91 Å². The van der Waals surface area contributed by atoms with Gasteiger partial charge in [-0.2, -0.15) is 26.3 Å². The van der Waals surface area contributed by atoms with Gasteiger partial charge >= 0.3 is 12.4 Å². The van der Waals surface area contributed by atoms with Gasteiger partial charge in [-0.1, -0.05) is 12.1 Å². The molecule has 154 valence electrons. The number of halogens is 6. The van der Waals surface area contributed by atoms with E-state index in [2.05, 4.69) is 0 Å². The SMILES string of the molecule is O=C1[C@@H]2CSCN2c2ccc(C(F)(F)F)cc2N1Cc1cccc(C(F)(F)F)c1. The van der Waals surface area contributed by atoms with Gasteiger partial charge in [-0.25, -0.2) is 0 Å². The molecule has 2 heterocycles. The molecule has 1 amide bonds. The van der Waals surface area contributed by atoms with Crippen LogP contribution in [0.4, 0.5) is 37.7 Å². The summed E-state index contributed by atoms with van der Waals surface area (Å²) in [6.45, 7) is -0.244. The Labute approximate surface area is 166 Å². The third kappa shape index (κ3) is 3.65. The quantitative estimate of drug-likeness (QED) is 0.614. The van der Waals surface area contributed by atoms with Gasteiger partial charge in [0.2, 0.25) is 0 Å². The molecule has 0 aliphatic carbocycles. The molecule has 2 aromatic carbocycles. The van der Waals surface area contributed by atoms with Gasteiger partial charge < -0.3 is 9.80 Å². The molecule has 0 unspecified atom stereocenters. The minimum atomic E-state index is -4.60. The van der Waals surface area contributed by atoms with Crippen molar-refractivity contribution in [1.82, 2.24) is 0 Å². The van der Waals surface area contributed by atoms with Crippen molar-refractivity contribution < 1.29 is 31.1 Å². The number of thioether (sulfide) groups is 1. The first-order valence-corrected chi connectivity index (χ1v) is 9.74. The Morgan fingerprint density at radius 3 is 2.31 bits per heavy atom. The molecule has 0 N–H and O–H groups in total. The van der Waals surface area contributed by atoms with E-state index in [1.807, 2.05) is 0 Å². The smallest absolute Gasteiger partial charge is 0.348 e. The Hall–Kier alpha value is -2.36. The third-order valence-electron chi connectivity index (χ3n) is 4.93. The first-order chi connectivity index (χ1) is 13.6. The van der Waals surface area contributed by atoms with E-state index in [1.54, 1.807) is 4.90 Å². The molecule has 3 nitrogen and oxygen atoms in total.